The van der Waals surface area contributed by atoms with Crippen molar-refractivity contribution in [2.75, 3.05) is 4.90 Å². The number of aryl methyl sites for hydroxylation is 2. The number of benzene rings is 6. The number of carbonyl (C=O) groups excluding carboxylic acids is 2. The fraction of sp³-hybridized carbons (Fsp3) is 0.241. The maximum absolute atomic E-state index is 10.2. The summed E-state index contributed by atoms with van der Waals surface area (Å²) < 4.78 is 9.42. The van der Waals surface area contributed by atoms with E-state index in [-0.39, 0.29) is 47.1 Å². The molecule has 93 heavy (non-hydrogen) atoms. The number of hydrogen-bond acceptors (Lipinski definition) is 11. The second-order valence-corrected chi connectivity index (χ2v) is 27.2. The first-order valence-corrected chi connectivity index (χ1v) is 30.9. The molecule has 0 N–H and O–H groups in total. The van der Waals surface area contributed by atoms with Crippen molar-refractivity contribution in [2.45, 2.75) is 125 Å². The van der Waals surface area contributed by atoms with Gasteiger partial charge >= 0.3 is 19.5 Å². The Morgan fingerprint density at radius 3 is 1.15 bits per heavy atom. The van der Waals surface area contributed by atoms with Crippen LogP contribution in [0.5, 0.6) is 11.5 Å². The first kappa shape index (κ1) is 67.6. The molecule has 0 spiro atoms. The summed E-state index contributed by atoms with van der Waals surface area (Å²) in [6, 6.07) is 63.6. The fourth-order valence-corrected chi connectivity index (χ4v) is 11.2. The predicted molar refractivity (Wildman–Crippen MR) is 370 cm³/mol. The van der Waals surface area contributed by atoms with E-state index in [0.29, 0.717) is 35.8 Å². The Morgan fingerprint density at radius 1 is 0.409 bits per heavy atom. The number of ether oxygens (including phenoxy) is 2. The molecule has 0 amide bonds. The van der Waals surface area contributed by atoms with Gasteiger partial charge in [-0.1, -0.05) is 210 Å². The largest absolute Gasteiger partial charge is 2.00 e. The SMILES string of the molecule is Cc1cc(-c2nccc3c(C(c4ccc(C(C)(C)C)cc4)c4ccc(C(C)(C)C)cc4)cccc23)[n-]n1.Cc1cc(-c2nccc3c(N(c4ccc(C(C)(C)C)cc4)c4ccc(C(C)(C)C)cc4)cccc23)[n-]n1.O=COc1ccnc(-c2cc(OC=O)ccn2)c1.[Ru+2]. The van der Waals surface area contributed by atoms with E-state index >= 15 is 0 Å². The van der Waals surface area contributed by atoms with Gasteiger partial charge in [0, 0.05) is 81.8 Å². The van der Waals surface area contributed by atoms with Crippen LogP contribution in [0, 0.1) is 13.8 Å². The Balaban J connectivity index is 0.000000173. The van der Waals surface area contributed by atoms with E-state index in [1.54, 1.807) is 24.3 Å². The minimum absolute atomic E-state index is 0. The molecule has 0 radical (unpaired) electrons. The number of pyridine rings is 4. The van der Waals surface area contributed by atoms with Crippen LogP contribution in [0.3, 0.4) is 0 Å². The first-order chi connectivity index (χ1) is 43.9. The summed E-state index contributed by atoms with van der Waals surface area (Å²) in [6.07, 6.45) is 6.74. The van der Waals surface area contributed by atoms with E-state index in [1.807, 2.05) is 38.4 Å². The molecule has 0 saturated heterocycles. The average molecular weight is 1320 g/mol. The molecule has 0 bridgehead atoms. The number of fused-ring (bicyclic) bond motifs is 2. The smallest absolute Gasteiger partial charge is 0.573 e. The van der Waals surface area contributed by atoms with Crippen LogP contribution >= 0.6 is 0 Å². The molecule has 0 aliphatic heterocycles. The summed E-state index contributed by atoms with van der Waals surface area (Å²) in [4.78, 5) is 40.4. The van der Waals surface area contributed by atoms with Gasteiger partial charge in [0.25, 0.3) is 12.9 Å². The number of hydrogen-bond donors (Lipinski definition) is 0. The van der Waals surface area contributed by atoms with E-state index < -0.39 is 0 Å². The Hall–Kier alpha value is -9.78. The van der Waals surface area contributed by atoms with Crippen LogP contribution in [0.25, 0.3) is 55.7 Å². The standard InChI is InChI=1S/C34H36N3.C33H35N4.C12H8N2O4.Ru/c1-22-21-30(37-36-22)32-29-10-8-9-28(27(29)19-20-35-32)31(23-11-15-25(16-12-23)33(2,3)4)24-13-17-26(18-14-24)34(5,6)7;1-22-21-29(36-35-22)31-28-9-8-10-30(27(28)19-20-34-31)37(25-15-11-23(12-16-25)32(2,3)4)26-17-13-24(14-18-26)33(5,6)7;15-7-17-9-1-3-13-11(5-9)12-6-10(18-8-16)2-4-14-12;/h8-21,31H,1-7H3;8-21H,1-7H3;1-8H;/q2*-1;;+2. The summed E-state index contributed by atoms with van der Waals surface area (Å²) in [7, 11) is 0. The minimum atomic E-state index is 0. The van der Waals surface area contributed by atoms with Crippen molar-refractivity contribution in [1.29, 1.82) is 0 Å². The predicted octanol–water partition coefficient (Wildman–Crippen LogP) is 18.2. The van der Waals surface area contributed by atoms with E-state index in [2.05, 4.69) is 264 Å². The molecule has 6 aromatic carbocycles. The molecule has 0 fully saturated rings. The molecular weight excluding hydrogens is 1240 g/mol. The van der Waals surface area contributed by atoms with E-state index in [9.17, 15) is 9.59 Å². The van der Waals surface area contributed by atoms with Crippen LogP contribution in [0.15, 0.2) is 207 Å². The van der Waals surface area contributed by atoms with Crippen molar-refractivity contribution in [1.82, 2.24) is 40.3 Å². The monoisotopic (exact) mass is 1320 g/mol. The van der Waals surface area contributed by atoms with Gasteiger partial charge in [0.15, 0.2) is 0 Å². The molecule has 0 atom stereocenters. The van der Waals surface area contributed by atoms with E-state index in [4.69, 9.17) is 19.4 Å². The minimum Gasteiger partial charge on any atom is -0.573 e. The molecule has 0 saturated carbocycles. The van der Waals surface area contributed by atoms with E-state index in [0.717, 1.165) is 67.4 Å². The Bertz CT molecular complexity index is 4110. The molecule has 0 aliphatic rings. The van der Waals surface area contributed by atoms with Gasteiger partial charge in [0.05, 0.1) is 28.5 Å². The number of nitrogens with zero attached hydrogens (tertiary/aromatic N) is 9. The fourth-order valence-electron chi connectivity index (χ4n) is 11.2. The second-order valence-electron chi connectivity index (χ2n) is 27.2. The van der Waals surface area contributed by atoms with Crippen molar-refractivity contribution in [3.05, 3.63) is 257 Å². The zero-order chi connectivity index (χ0) is 65.5. The van der Waals surface area contributed by atoms with Crippen LogP contribution in [0.1, 0.15) is 139 Å². The third-order valence-electron chi connectivity index (χ3n) is 16.3. The van der Waals surface area contributed by atoms with Crippen LogP contribution in [0.2, 0.25) is 0 Å². The van der Waals surface area contributed by atoms with Gasteiger partial charge in [-0.3, -0.25) is 29.5 Å². The number of rotatable bonds is 13. The molecule has 12 rings (SSSR count). The van der Waals surface area contributed by atoms with Gasteiger partial charge in [-0.05, 0) is 134 Å². The van der Waals surface area contributed by atoms with Gasteiger partial charge in [-0.2, -0.15) is 0 Å². The normalized spacial score (nSPS) is 11.6. The number of carbonyl (C=O) groups is 2. The second kappa shape index (κ2) is 28.4. The third-order valence-corrected chi connectivity index (χ3v) is 16.3. The number of anilines is 3. The van der Waals surface area contributed by atoms with Gasteiger partial charge in [0.1, 0.15) is 11.5 Å². The molecule has 0 aliphatic carbocycles. The maximum atomic E-state index is 10.2. The molecule has 13 nitrogen and oxygen atoms in total. The number of aromatic nitrogens is 8. The Kier molecular flexibility index (Phi) is 20.6. The molecular formula is C79H79N9O4Ru. The summed E-state index contributed by atoms with van der Waals surface area (Å²) in [5.74, 6) is 0.812. The molecule has 14 heteroatoms. The summed E-state index contributed by atoms with van der Waals surface area (Å²) in [6.45, 7) is 31.6. The Morgan fingerprint density at radius 2 is 0.774 bits per heavy atom. The van der Waals surface area contributed by atoms with Crippen molar-refractivity contribution in [3.8, 4) is 45.7 Å². The van der Waals surface area contributed by atoms with Gasteiger partial charge in [-0.15, -0.1) is 0 Å². The summed E-state index contributed by atoms with van der Waals surface area (Å²) in [5, 5.41) is 21.6. The maximum Gasteiger partial charge on any atom is 2.00 e. The van der Waals surface area contributed by atoms with Crippen molar-refractivity contribution < 1.29 is 38.5 Å². The van der Waals surface area contributed by atoms with Crippen LogP contribution in [-0.4, -0.2) is 43.1 Å². The summed E-state index contributed by atoms with van der Waals surface area (Å²) >= 11 is 0. The zero-order valence-corrected chi connectivity index (χ0v) is 57.1. The molecule has 0 unspecified atom stereocenters. The molecule has 6 heterocycles. The quantitative estimate of drug-likeness (QED) is 0.0610. The Labute approximate surface area is 559 Å². The molecule has 6 aromatic heterocycles. The average Bonchev–Trinajstić information content (AvgIpc) is 1.60. The van der Waals surface area contributed by atoms with Gasteiger partial charge < -0.3 is 34.8 Å². The van der Waals surface area contributed by atoms with Crippen molar-refractivity contribution >= 4 is 51.6 Å². The van der Waals surface area contributed by atoms with Crippen molar-refractivity contribution in [3.63, 3.8) is 0 Å². The molecule has 12 aromatic rings. The van der Waals surface area contributed by atoms with E-state index in [1.165, 1.54) is 56.7 Å². The van der Waals surface area contributed by atoms with Crippen molar-refractivity contribution in [2.24, 2.45) is 0 Å². The van der Waals surface area contributed by atoms with Gasteiger partial charge in [0.2, 0.25) is 0 Å². The van der Waals surface area contributed by atoms with Crippen LogP contribution < -0.4 is 24.6 Å². The topological polar surface area (TPSA) is 161 Å². The van der Waals surface area contributed by atoms with Crippen LogP contribution in [0.4, 0.5) is 17.1 Å². The van der Waals surface area contributed by atoms with Crippen LogP contribution in [-0.2, 0) is 50.7 Å². The summed E-state index contributed by atoms with van der Waals surface area (Å²) in [5.41, 5.74) is 19.1. The molecule has 472 valence electrons. The first-order valence-electron chi connectivity index (χ1n) is 30.9. The zero-order valence-electron chi connectivity index (χ0n) is 55.4. The van der Waals surface area contributed by atoms with Gasteiger partial charge in [-0.25, -0.2) is 0 Å². The third kappa shape index (κ3) is 15.9.